The summed E-state index contributed by atoms with van der Waals surface area (Å²) in [7, 11) is 0. The third kappa shape index (κ3) is 7.04. The molecule has 2 aromatic rings. The molecule has 0 unspecified atom stereocenters. The largest absolute Gasteiger partial charge is 0.507 e. The highest BCUT2D eigenvalue weighted by molar-refractivity contribution is 9.10. The number of hydrogen-bond acceptors (Lipinski definition) is 5. The Bertz CT molecular complexity index is 980. The first-order valence-electron chi connectivity index (χ1n) is 12.8. The van der Waals surface area contributed by atoms with Gasteiger partial charge in [-0.15, -0.1) is 0 Å². The van der Waals surface area contributed by atoms with Gasteiger partial charge in [0.05, 0.1) is 11.6 Å². The van der Waals surface area contributed by atoms with Crippen LogP contribution in [0.2, 0.25) is 0 Å². The van der Waals surface area contributed by atoms with E-state index in [0.717, 1.165) is 41.7 Å². The third-order valence-electron chi connectivity index (χ3n) is 6.73. The van der Waals surface area contributed by atoms with Gasteiger partial charge in [0, 0.05) is 16.6 Å². The Labute approximate surface area is 218 Å². The second-order valence-corrected chi connectivity index (χ2v) is 10.4. The monoisotopic (exact) mass is 542 g/mol. The number of aliphatic hydroxyl groups excluding tert-OH is 2. The lowest BCUT2D eigenvalue weighted by Gasteiger charge is -2.29. The van der Waals surface area contributed by atoms with Crippen LogP contribution in [0.15, 0.2) is 58.6 Å². The van der Waals surface area contributed by atoms with Gasteiger partial charge in [0.15, 0.2) is 6.23 Å². The Balaban J connectivity index is 1.89. The van der Waals surface area contributed by atoms with Crippen LogP contribution in [0.25, 0.3) is 5.76 Å². The van der Waals surface area contributed by atoms with Gasteiger partial charge in [0.2, 0.25) is 5.78 Å². The van der Waals surface area contributed by atoms with Gasteiger partial charge >= 0.3 is 0 Å². The molecule has 0 radical (unpaired) electrons. The molecule has 1 heterocycles. The van der Waals surface area contributed by atoms with Crippen LogP contribution < -0.4 is 0 Å². The van der Waals surface area contributed by atoms with Crippen molar-refractivity contribution in [3.63, 3.8) is 0 Å². The summed E-state index contributed by atoms with van der Waals surface area (Å²) in [5, 5.41) is 22.2. The molecule has 2 N–H and O–H groups in total. The fourth-order valence-corrected chi connectivity index (χ4v) is 4.94. The van der Waals surface area contributed by atoms with E-state index in [2.05, 4.69) is 34.7 Å². The molecule has 0 aromatic heterocycles. The summed E-state index contributed by atoms with van der Waals surface area (Å²) in [5.74, 6) is -0.484. The number of hydrogen-bond donors (Lipinski definition) is 2. The number of aryl methyl sites for hydroxylation is 1. The minimum Gasteiger partial charge on any atom is -0.507 e. The molecule has 0 saturated carbocycles. The van der Waals surface area contributed by atoms with Gasteiger partial charge in [-0.1, -0.05) is 84.6 Å². The van der Waals surface area contributed by atoms with Crippen molar-refractivity contribution in [3.05, 3.63) is 75.3 Å². The van der Waals surface area contributed by atoms with Crippen molar-refractivity contribution in [2.24, 2.45) is 0 Å². The van der Waals surface area contributed by atoms with E-state index in [1.165, 1.54) is 25.7 Å². The van der Waals surface area contributed by atoms with Crippen LogP contribution in [0, 0.1) is 6.92 Å². The molecule has 0 amide bonds. The van der Waals surface area contributed by atoms with Crippen molar-refractivity contribution < 1.29 is 15.0 Å². The molecule has 1 fully saturated rings. The maximum Gasteiger partial charge on any atom is 0.208 e. The van der Waals surface area contributed by atoms with E-state index in [1.54, 1.807) is 0 Å². The van der Waals surface area contributed by atoms with Crippen LogP contribution in [-0.2, 0) is 4.79 Å². The smallest absolute Gasteiger partial charge is 0.208 e. The van der Waals surface area contributed by atoms with Crippen molar-refractivity contribution in [1.29, 1.82) is 0 Å². The number of rotatable bonds is 12. The number of likely N-dealkylation sites (tertiary alicyclic amines) is 1. The number of nitrogens with zero attached hydrogens (tertiary/aromatic N) is 2. The van der Waals surface area contributed by atoms with Crippen molar-refractivity contribution >= 4 is 27.5 Å². The zero-order valence-corrected chi connectivity index (χ0v) is 22.8. The maximum absolute atomic E-state index is 13.3. The van der Waals surface area contributed by atoms with Gasteiger partial charge < -0.3 is 15.1 Å². The highest BCUT2D eigenvalue weighted by Gasteiger charge is 2.46. The first-order valence-corrected chi connectivity index (χ1v) is 13.6. The van der Waals surface area contributed by atoms with Crippen LogP contribution >= 0.6 is 15.9 Å². The van der Waals surface area contributed by atoms with E-state index in [9.17, 15) is 15.0 Å². The van der Waals surface area contributed by atoms with E-state index in [4.69, 9.17) is 0 Å². The highest BCUT2D eigenvalue weighted by atomic mass is 79.9. The van der Waals surface area contributed by atoms with E-state index >= 15 is 0 Å². The van der Waals surface area contributed by atoms with Gasteiger partial charge in [0.25, 0.3) is 0 Å². The summed E-state index contributed by atoms with van der Waals surface area (Å²) in [4.78, 5) is 17.6. The van der Waals surface area contributed by atoms with Crippen LogP contribution in [0.3, 0.4) is 0 Å². The molecule has 0 aliphatic carbocycles. The standard InChI is InChI=1S/C29H39BrN2O3/c1-4-6-17-31(18-7-5-2)19-8-20-32-26(22-13-15-24(30)16-14-22)25(28(34)29(32)35)27(33)23-11-9-21(3)10-12-23/h9-16,26,29,33,35H,4-8,17-20H2,1-3H3/t26-,29+/m0/s1. The number of carbonyl (C=O) groups excluding carboxylic acids is 1. The summed E-state index contributed by atoms with van der Waals surface area (Å²) in [6.45, 7) is 10.0. The fourth-order valence-electron chi connectivity index (χ4n) is 4.67. The lowest BCUT2D eigenvalue weighted by atomic mass is 9.95. The molecule has 35 heavy (non-hydrogen) atoms. The van der Waals surface area contributed by atoms with Crippen molar-refractivity contribution in [3.8, 4) is 0 Å². The van der Waals surface area contributed by atoms with Gasteiger partial charge in [0.1, 0.15) is 5.76 Å². The molecule has 1 saturated heterocycles. The minimum absolute atomic E-state index is 0.0583. The Kier molecular flexibility index (Phi) is 10.5. The molecule has 1 aliphatic heterocycles. The summed E-state index contributed by atoms with van der Waals surface area (Å²) >= 11 is 3.48. The van der Waals surface area contributed by atoms with Crippen LogP contribution in [0.1, 0.15) is 68.7 Å². The van der Waals surface area contributed by atoms with Crippen LogP contribution in [-0.4, -0.2) is 58.2 Å². The Hall–Kier alpha value is -1.99. The van der Waals surface area contributed by atoms with Gasteiger partial charge in [-0.05, 0) is 63.5 Å². The second kappa shape index (κ2) is 13.4. The van der Waals surface area contributed by atoms with E-state index in [0.29, 0.717) is 12.1 Å². The number of halogens is 1. The second-order valence-electron chi connectivity index (χ2n) is 9.46. The zero-order chi connectivity index (χ0) is 25.4. The van der Waals surface area contributed by atoms with Gasteiger partial charge in [-0.25, -0.2) is 0 Å². The average molecular weight is 544 g/mol. The van der Waals surface area contributed by atoms with Crippen molar-refractivity contribution in [2.45, 2.75) is 65.1 Å². The van der Waals surface area contributed by atoms with Crippen molar-refractivity contribution in [2.75, 3.05) is 26.2 Å². The number of unbranched alkanes of at least 4 members (excludes halogenated alkanes) is 2. The van der Waals surface area contributed by atoms with Gasteiger partial charge in [-0.3, -0.25) is 9.69 Å². The number of carbonyl (C=O) groups is 1. The van der Waals surface area contributed by atoms with E-state index in [1.807, 2.05) is 60.4 Å². The molecule has 3 rings (SSSR count). The molecule has 1 aliphatic rings. The topological polar surface area (TPSA) is 64.0 Å². The summed E-state index contributed by atoms with van der Waals surface area (Å²) in [6.07, 6.45) is 4.25. The Morgan fingerprint density at radius 1 is 0.943 bits per heavy atom. The van der Waals surface area contributed by atoms with E-state index in [-0.39, 0.29) is 11.3 Å². The third-order valence-corrected chi connectivity index (χ3v) is 7.26. The average Bonchev–Trinajstić information content (AvgIpc) is 3.10. The first-order chi connectivity index (χ1) is 16.9. The molecule has 2 atom stereocenters. The molecule has 0 spiro atoms. The minimum atomic E-state index is -1.27. The van der Waals surface area contributed by atoms with Crippen LogP contribution in [0.5, 0.6) is 0 Å². The lowest BCUT2D eigenvalue weighted by Crippen LogP contribution is -2.37. The summed E-state index contributed by atoms with van der Waals surface area (Å²) < 4.78 is 0.938. The molecular formula is C29H39BrN2O3. The SMILES string of the molecule is CCCCN(CCCC)CCCN1[C@H](O)C(=O)C(=C(O)c2ccc(C)cc2)[C@@H]1c1ccc(Br)cc1. The maximum atomic E-state index is 13.3. The zero-order valence-electron chi connectivity index (χ0n) is 21.2. The Morgan fingerprint density at radius 2 is 1.51 bits per heavy atom. The predicted octanol–water partition coefficient (Wildman–Crippen LogP) is 6.26. The normalized spacial score (nSPS) is 20.1. The highest BCUT2D eigenvalue weighted by Crippen LogP contribution is 2.41. The molecule has 5 nitrogen and oxygen atoms in total. The molecule has 0 bridgehead atoms. The van der Waals surface area contributed by atoms with Crippen LogP contribution in [0.4, 0.5) is 0 Å². The number of benzene rings is 2. The molecule has 190 valence electrons. The molecule has 6 heteroatoms. The summed E-state index contributed by atoms with van der Waals surface area (Å²) in [6, 6.07) is 14.7. The molecular weight excluding hydrogens is 504 g/mol. The number of aliphatic hydroxyl groups is 2. The lowest BCUT2D eigenvalue weighted by molar-refractivity contribution is -0.127. The van der Waals surface area contributed by atoms with E-state index < -0.39 is 18.1 Å². The molecule has 2 aromatic carbocycles. The number of ketones is 1. The first kappa shape index (κ1) is 27.6. The predicted molar refractivity (Wildman–Crippen MR) is 146 cm³/mol. The fraction of sp³-hybridized carbons (Fsp3) is 0.483. The summed E-state index contributed by atoms with van der Waals surface area (Å²) in [5.41, 5.74) is 2.80. The quantitative estimate of drug-likeness (QED) is 0.244. The van der Waals surface area contributed by atoms with Crippen molar-refractivity contribution in [1.82, 2.24) is 9.80 Å². The Morgan fingerprint density at radius 3 is 2.09 bits per heavy atom. The number of Topliss-reactive ketones (excluding diaryl/α,β-unsaturated/α-hetero) is 1. The van der Waals surface area contributed by atoms with Gasteiger partial charge in [-0.2, -0.15) is 0 Å².